The Morgan fingerprint density at radius 2 is 2.17 bits per heavy atom. The van der Waals surface area contributed by atoms with Crippen LogP contribution in [0.2, 0.25) is 0 Å². The zero-order valence-electron chi connectivity index (χ0n) is 10.4. The van der Waals surface area contributed by atoms with Crippen molar-refractivity contribution in [3.05, 3.63) is 22.4 Å². The highest BCUT2D eigenvalue weighted by atomic mass is 79.9. The first-order chi connectivity index (χ1) is 8.47. The number of aromatic nitrogens is 1. The van der Waals surface area contributed by atoms with Crippen LogP contribution in [0.25, 0.3) is 0 Å². The second-order valence-corrected chi connectivity index (χ2v) is 5.55. The summed E-state index contributed by atoms with van der Waals surface area (Å²) in [6, 6.07) is 1.51. The lowest BCUT2D eigenvalue weighted by Crippen LogP contribution is -2.45. The van der Waals surface area contributed by atoms with Crippen LogP contribution in [0.5, 0.6) is 0 Å². The van der Waals surface area contributed by atoms with E-state index in [4.69, 9.17) is 0 Å². The van der Waals surface area contributed by atoms with Gasteiger partial charge in [0.25, 0.3) is 5.91 Å². The third-order valence-corrected chi connectivity index (χ3v) is 3.30. The fraction of sp³-hybridized carbons (Fsp3) is 0.500. The first kappa shape index (κ1) is 13.1. The molecule has 1 aromatic rings. The van der Waals surface area contributed by atoms with E-state index in [0.29, 0.717) is 11.7 Å². The molecular formula is C12H16BrN3O2. The molecule has 1 atom stereocenters. The predicted octanol–water partition coefficient (Wildman–Crippen LogP) is 1.18. The van der Waals surface area contributed by atoms with E-state index in [1.165, 1.54) is 0 Å². The van der Waals surface area contributed by atoms with Crippen LogP contribution in [-0.2, 0) is 11.8 Å². The predicted molar refractivity (Wildman–Crippen MR) is 71.2 cm³/mol. The van der Waals surface area contributed by atoms with Gasteiger partial charge in [-0.3, -0.25) is 9.59 Å². The fourth-order valence-electron chi connectivity index (χ4n) is 1.64. The monoisotopic (exact) mass is 313 g/mol. The first-order valence-corrected chi connectivity index (χ1v) is 6.70. The molecule has 0 bridgehead atoms. The van der Waals surface area contributed by atoms with Crippen molar-refractivity contribution in [2.75, 3.05) is 0 Å². The number of carbonyl (C=O) groups is 2. The van der Waals surface area contributed by atoms with E-state index in [9.17, 15) is 9.59 Å². The standard InChI is InChI=1S/C12H16BrN3O2/c1-7(11(17)15-9-3-4-9)14-12(18)10-5-8(13)6-16(10)2/h5-7,9H,3-4H2,1-2H3,(H,14,18)(H,15,17). The van der Waals surface area contributed by atoms with E-state index >= 15 is 0 Å². The summed E-state index contributed by atoms with van der Waals surface area (Å²) in [5.74, 6) is -0.374. The lowest BCUT2D eigenvalue weighted by Gasteiger charge is -2.14. The van der Waals surface area contributed by atoms with Crippen LogP contribution in [0.4, 0.5) is 0 Å². The molecule has 1 aliphatic carbocycles. The van der Waals surface area contributed by atoms with E-state index in [0.717, 1.165) is 17.3 Å². The molecule has 0 aliphatic heterocycles. The summed E-state index contributed by atoms with van der Waals surface area (Å²) in [4.78, 5) is 23.7. The van der Waals surface area contributed by atoms with E-state index in [1.807, 2.05) is 0 Å². The number of aryl methyl sites for hydroxylation is 1. The Balaban J connectivity index is 1.93. The first-order valence-electron chi connectivity index (χ1n) is 5.90. The van der Waals surface area contributed by atoms with E-state index in [-0.39, 0.29) is 11.8 Å². The summed E-state index contributed by atoms with van der Waals surface area (Å²) < 4.78 is 2.55. The second-order valence-electron chi connectivity index (χ2n) is 4.63. The molecule has 1 heterocycles. The van der Waals surface area contributed by atoms with Gasteiger partial charge in [0.1, 0.15) is 11.7 Å². The molecule has 0 saturated heterocycles. The number of hydrogen-bond donors (Lipinski definition) is 2. The normalized spacial score (nSPS) is 16.2. The third-order valence-electron chi connectivity index (χ3n) is 2.87. The molecule has 0 spiro atoms. The van der Waals surface area contributed by atoms with Crippen molar-refractivity contribution in [2.24, 2.45) is 7.05 Å². The number of nitrogens with one attached hydrogen (secondary N) is 2. The molecule has 2 amide bonds. The summed E-state index contributed by atoms with van der Waals surface area (Å²) in [7, 11) is 1.79. The molecule has 1 unspecified atom stereocenters. The van der Waals surface area contributed by atoms with E-state index in [2.05, 4.69) is 26.6 Å². The van der Waals surface area contributed by atoms with Gasteiger partial charge in [0.05, 0.1) is 0 Å². The summed E-state index contributed by atoms with van der Waals surface area (Å²) in [6.45, 7) is 1.69. The van der Waals surface area contributed by atoms with Gasteiger partial charge in [-0.25, -0.2) is 0 Å². The molecule has 2 rings (SSSR count). The molecule has 2 N–H and O–H groups in total. The number of carbonyl (C=O) groups excluding carboxylic acids is 2. The average Bonchev–Trinajstić information content (AvgIpc) is 3.02. The molecule has 98 valence electrons. The Bertz CT molecular complexity index is 480. The Morgan fingerprint density at radius 3 is 2.67 bits per heavy atom. The topological polar surface area (TPSA) is 63.1 Å². The Hall–Kier alpha value is -1.30. The van der Waals surface area contributed by atoms with Crippen LogP contribution in [0.15, 0.2) is 16.7 Å². The van der Waals surface area contributed by atoms with E-state index < -0.39 is 6.04 Å². The smallest absolute Gasteiger partial charge is 0.268 e. The molecular weight excluding hydrogens is 298 g/mol. The highest BCUT2D eigenvalue weighted by molar-refractivity contribution is 9.10. The zero-order valence-corrected chi connectivity index (χ0v) is 12.0. The quantitative estimate of drug-likeness (QED) is 0.877. The zero-order chi connectivity index (χ0) is 13.3. The highest BCUT2D eigenvalue weighted by Crippen LogP contribution is 2.18. The molecule has 1 aliphatic rings. The molecule has 6 heteroatoms. The SMILES string of the molecule is CC(NC(=O)c1cc(Br)cn1C)C(=O)NC1CC1. The summed E-state index contributed by atoms with van der Waals surface area (Å²) in [6.07, 6.45) is 3.87. The van der Waals surface area contributed by atoms with Crippen LogP contribution in [0, 0.1) is 0 Å². The number of nitrogens with zero attached hydrogens (tertiary/aromatic N) is 1. The Labute approximate surface area is 114 Å². The molecule has 1 saturated carbocycles. The van der Waals surface area contributed by atoms with Gasteiger partial charge in [0, 0.05) is 23.8 Å². The van der Waals surface area contributed by atoms with Crippen LogP contribution in [0.3, 0.4) is 0 Å². The number of rotatable bonds is 4. The maximum atomic E-state index is 12.0. The van der Waals surface area contributed by atoms with Gasteiger partial charge in [-0.2, -0.15) is 0 Å². The van der Waals surface area contributed by atoms with Gasteiger partial charge in [-0.05, 0) is 41.8 Å². The van der Waals surface area contributed by atoms with Crippen molar-refractivity contribution in [2.45, 2.75) is 31.8 Å². The minimum Gasteiger partial charge on any atom is -0.352 e. The van der Waals surface area contributed by atoms with Crippen molar-refractivity contribution in [1.29, 1.82) is 0 Å². The number of halogens is 1. The Morgan fingerprint density at radius 1 is 1.50 bits per heavy atom. The van der Waals surface area contributed by atoms with Gasteiger partial charge in [0.2, 0.25) is 5.91 Å². The minimum atomic E-state index is -0.522. The molecule has 1 aromatic heterocycles. The summed E-state index contributed by atoms with van der Waals surface area (Å²) >= 11 is 3.31. The van der Waals surface area contributed by atoms with Gasteiger partial charge in [-0.1, -0.05) is 0 Å². The number of hydrogen-bond acceptors (Lipinski definition) is 2. The van der Waals surface area contributed by atoms with Crippen molar-refractivity contribution < 1.29 is 9.59 Å². The molecule has 0 aromatic carbocycles. The molecule has 1 fully saturated rings. The van der Waals surface area contributed by atoms with Crippen LogP contribution in [0.1, 0.15) is 30.3 Å². The van der Waals surface area contributed by atoms with Crippen LogP contribution in [-0.4, -0.2) is 28.5 Å². The lowest BCUT2D eigenvalue weighted by atomic mass is 10.3. The van der Waals surface area contributed by atoms with Crippen molar-refractivity contribution in [3.63, 3.8) is 0 Å². The summed E-state index contributed by atoms with van der Waals surface area (Å²) in [5, 5.41) is 5.55. The average molecular weight is 314 g/mol. The third kappa shape index (κ3) is 3.13. The largest absolute Gasteiger partial charge is 0.352 e. The van der Waals surface area contributed by atoms with Gasteiger partial charge >= 0.3 is 0 Å². The maximum absolute atomic E-state index is 12.0. The fourth-order valence-corrected chi connectivity index (χ4v) is 2.16. The van der Waals surface area contributed by atoms with E-state index in [1.54, 1.807) is 30.8 Å². The van der Waals surface area contributed by atoms with Gasteiger partial charge in [0.15, 0.2) is 0 Å². The highest BCUT2D eigenvalue weighted by Gasteiger charge is 2.26. The molecule has 0 radical (unpaired) electrons. The van der Waals surface area contributed by atoms with Crippen LogP contribution >= 0.6 is 15.9 Å². The van der Waals surface area contributed by atoms with Gasteiger partial charge in [-0.15, -0.1) is 0 Å². The lowest BCUT2D eigenvalue weighted by molar-refractivity contribution is -0.122. The second kappa shape index (κ2) is 5.14. The van der Waals surface area contributed by atoms with Crippen LogP contribution < -0.4 is 10.6 Å². The number of amides is 2. The molecule has 18 heavy (non-hydrogen) atoms. The summed E-state index contributed by atoms with van der Waals surface area (Å²) in [5.41, 5.74) is 0.521. The van der Waals surface area contributed by atoms with Crippen molar-refractivity contribution in [3.8, 4) is 0 Å². The van der Waals surface area contributed by atoms with Crippen molar-refractivity contribution in [1.82, 2.24) is 15.2 Å². The Kier molecular flexibility index (Phi) is 3.75. The van der Waals surface area contributed by atoms with Gasteiger partial charge < -0.3 is 15.2 Å². The molecule has 5 nitrogen and oxygen atoms in total. The minimum absolute atomic E-state index is 0.126. The maximum Gasteiger partial charge on any atom is 0.268 e. The van der Waals surface area contributed by atoms with Crippen molar-refractivity contribution >= 4 is 27.7 Å².